The van der Waals surface area contributed by atoms with Crippen LogP contribution in [0.15, 0.2) is 71.1 Å². The minimum Gasteiger partial charge on any atom is -0.460 e. The summed E-state index contributed by atoms with van der Waals surface area (Å²) in [6, 6.07) is 22.1. The Balaban J connectivity index is 0.00000192. The van der Waals surface area contributed by atoms with E-state index in [-0.39, 0.29) is 12.4 Å². The second-order valence-corrected chi connectivity index (χ2v) is 5.57. The van der Waals surface area contributed by atoms with E-state index < -0.39 is 0 Å². The van der Waals surface area contributed by atoms with Gasteiger partial charge in [-0.15, -0.1) is 12.4 Å². The summed E-state index contributed by atoms with van der Waals surface area (Å²) in [4.78, 5) is 0. The molecule has 0 saturated heterocycles. The molecule has 0 saturated carbocycles. The number of furan rings is 1. The molecule has 0 aliphatic rings. The average Bonchev–Trinajstić information content (AvgIpc) is 3.02. The van der Waals surface area contributed by atoms with Crippen molar-refractivity contribution in [1.82, 2.24) is 5.32 Å². The molecule has 0 aliphatic carbocycles. The SMILES string of the molecule is Cl.Clc1ccccc1-c1ccc(CNCCc2ccccc2)o1. The zero-order chi connectivity index (χ0) is 15.2. The summed E-state index contributed by atoms with van der Waals surface area (Å²) in [5.41, 5.74) is 2.27. The van der Waals surface area contributed by atoms with E-state index in [4.69, 9.17) is 16.0 Å². The molecule has 0 bridgehead atoms. The summed E-state index contributed by atoms with van der Waals surface area (Å²) in [7, 11) is 0. The fraction of sp³-hybridized carbons (Fsp3) is 0.158. The Hall–Kier alpha value is -1.74. The molecule has 0 radical (unpaired) electrons. The maximum Gasteiger partial charge on any atom is 0.135 e. The first kappa shape index (κ1) is 17.6. The van der Waals surface area contributed by atoms with Crippen LogP contribution in [-0.2, 0) is 13.0 Å². The molecule has 23 heavy (non-hydrogen) atoms. The van der Waals surface area contributed by atoms with Crippen molar-refractivity contribution in [2.75, 3.05) is 6.54 Å². The predicted octanol–water partition coefficient (Wildman–Crippen LogP) is 5.35. The second kappa shape index (κ2) is 8.78. The maximum absolute atomic E-state index is 6.19. The third-order valence-electron chi connectivity index (χ3n) is 3.53. The molecule has 3 aromatic rings. The largest absolute Gasteiger partial charge is 0.460 e. The molecule has 0 fully saturated rings. The Morgan fingerprint density at radius 2 is 1.61 bits per heavy atom. The Labute approximate surface area is 147 Å². The van der Waals surface area contributed by atoms with Gasteiger partial charge in [0, 0.05) is 5.56 Å². The summed E-state index contributed by atoms with van der Waals surface area (Å²) in [5, 5.41) is 4.11. The van der Waals surface area contributed by atoms with E-state index in [1.165, 1.54) is 5.56 Å². The van der Waals surface area contributed by atoms with E-state index in [9.17, 15) is 0 Å². The van der Waals surface area contributed by atoms with Gasteiger partial charge in [0.1, 0.15) is 11.5 Å². The van der Waals surface area contributed by atoms with Gasteiger partial charge < -0.3 is 9.73 Å². The Morgan fingerprint density at radius 1 is 0.870 bits per heavy atom. The molecule has 0 spiro atoms. The molecule has 2 nitrogen and oxygen atoms in total. The van der Waals surface area contributed by atoms with E-state index in [0.29, 0.717) is 5.02 Å². The highest BCUT2D eigenvalue weighted by molar-refractivity contribution is 6.33. The molecule has 1 heterocycles. The van der Waals surface area contributed by atoms with E-state index in [2.05, 4.69) is 29.6 Å². The van der Waals surface area contributed by atoms with Crippen LogP contribution in [0.3, 0.4) is 0 Å². The number of hydrogen-bond acceptors (Lipinski definition) is 2. The van der Waals surface area contributed by atoms with Gasteiger partial charge in [0.05, 0.1) is 11.6 Å². The Bertz CT molecular complexity index is 725. The highest BCUT2D eigenvalue weighted by Gasteiger charge is 2.07. The van der Waals surface area contributed by atoms with Crippen LogP contribution in [0.25, 0.3) is 11.3 Å². The normalized spacial score (nSPS) is 10.3. The number of benzene rings is 2. The van der Waals surface area contributed by atoms with Gasteiger partial charge in [-0.3, -0.25) is 0 Å². The quantitative estimate of drug-likeness (QED) is 0.607. The van der Waals surface area contributed by atoms with Crippen molar-refractivity contribution >= 4 is 24.0 Å². The van der Waals surface area contributed by atoms with Crippen molar-refractivity contribution in [3.05, 3.63) is 83.1 Å². The monoisotopic (exact) mass is 347 g/mol. The van der Waals surface area contributed by atoms with Crippen LogP contribution in [0.2, 0.25) is 5.02 Å². The minimum absolute atomic E-state index is 0. The fourth-order valence-electron chi connectivity index (χ4n) is 2.37. The zero-order valence-corrected chi connectivity index (χ0v) is 14.2. The maximum atomic E-state index is 6.19. The minimum atomic E-state index is 0. The first-order valence-electron chi connectivity index (χ1n) is 7.41. The van der Waals surface area contributed by atoms with Crippen molar-refractivity contribution < 1.29 is 4.42 Å². The van der Waals surface area contributed by atoms with Gasteiger partial charge in [-0.2, -0.15) is 0 Å². The lowest BCUT2D eigenvalue weighted by atomic mass is 10.1. The molecule has 1 aromatic heterocycles. The molecule has 2 aromatic carbocycles. The lowest BCUT2D eigenvalue weighted by Crippen LogP contribution is -2.16. The summed E-state index contributed by atoms with van der Waals surface area (Å²) in [6.07, 6.45) is 1.01. The molecule has 3 rings (SSSR count). The summed E-state index contributed by atoms with van der Waals surface area (Å²) in [6.45, 7) is 1.64. The van der Waals surface area contributed by atoms with E-state index in [1.807, 2.05) is 42.5 Å². The summed E-state index contributed by atoms with van der Waals surface area (Å²) in [5.74, 6) is 1.73. The molecule has 0 unspecified atom stereocenters. The lowest BCUT2D eigenvalue weighted by Gasteiger charge is -2.03. The van der Waals surface area contributed by atoms with Crippen LogP contribution >= 0.6 is 24.0 Å². The number of rotatable bonds is 6. The zero-order valence-electron chi connectivity index (χ0n) is 12.7. The van der Waals surface area contributed by atoms with Crippen molar-refractivity contribution in [1.29, 1.82) is 0 Å². The van der Waals surface area contributed by atoms with Crippen LogP contribution in [0, 0.1) is 0 Å². The molecule has 0 atom stereocenters. The molecule has 1 N–H and O–H groups in total. The van der Waals surface area contributed by atoms with Crippen LogP contribution in [-0.4, -0.2) is 6.54 Å². The Kier molecular flexibility index (Phi) is 6.72. The highest BCUT2D eigenvalue weighted by atomic mass is 35.5. The molecule has 4 heteroatoms. The smallest absolute Gasteiger partial charge is 0.135 e. The summed E-state index contributed by atoms with van der Waals surface area (Å²) < 4.78 is 5.86. The van der Waals surface area contributed by atoms with Crippen LogP contribution in [0.1, 0.15) is 11.3 Å². The van der Waals surface area contributed by atoms with Crippen molar-refractivity contribution in [2.45, 2.75) is 13.0 Å². The van der Waals surface area contributed by atoms with Gasteiger partial charge in [0.25, 0.3) is 0 Å². The van der Waals surface area contributed by atoms with E-state index in [1.54, 1.807) is 0 Å². The standard InChI is InChI=1S/C19H18ClNO.ClH/c20-18-9-5-4-8-17(18)19-11-10-16(22-19)14-21-13-12-15-6-2-1-3-7-15;/h1-11,21H,12-14H2;1H. The fourth-order valence-corrected chi connectivity index (χ4v) is 2.60. The van der Waals surface area contributed by atoms with Gasteiger partial charge in [-0.25, -0.2) is 0 Å². The van der Waals surface area contributed by atoms with Crippen LogP contribution in [0.5, 0.6) is 0 Å². The molecule has 120 valence electrons. The summed E-state index contributed by atoms with van der Waals surface area (Å²) >= 11 is 6.19. The lowest BCUT2D eigenvalue weighted by molar-refractivity contribution is 0.495. The van der Waals surface area contributed by atoms with Gasteiger partial charge in [0.2, 0.25) is 0 Å². The first-order chi connectivity index (χ1) is 10.8. The van der Waals surface area contributed by atoms with E-state index >= 15 is 0 Å². The van der Waals surface area contributed by atoms with Gasteiger partial charge >= 0.3 is 0 Å². The molecular weight excluding hydrogens is 329 g/mol. The number of nitrogens with one attached hydrogen (secondary N) is 1. The third-order valence-corrected chi connectivity index (χ3v) is 3.86. The predicted molar refractivity (Wildman–Crippen MR) is 98.3 cm³/mol. The number of halogens is 2. The van der Waals surface area contributed by atoms with Crippen LogP contribution in [0.4, 0.5) is 0 Å². The molecule has 0 amide bonds. The van der Waals surface area contributed by atoms with Gasteiger partial charge in [-0.1, -0.05) is 54.1 Å². The van der Waals surface area contributed by atoms with Crippen LogP contribution < -0.4 is 5.32 Å². The first-order valence-corrected chi connectivity index (χ1v) is 7.79. The van der Waals surface area contributed by atoms with Crippen molar-refractivity contribution in [3.63, 3.8) is 0 Å². The second-order valence-electron chi connectivity index (χ2n) is 5.16. The third kappa shape index (κ3) is 4.87. The van der Waals surface area contributed by atoms with Gasteiger partial charge in [0.15, 0.2) is 0 Å². The average molecular weight is 348 g/mol. The topological polar surface area (TPSA) is 25.2 Å². The van der Waals surface area contributed by atoms with Crippen molar-refractivity contribution in [3.8, 4) is 11.3 Å². The number of hydrogen-bond donors (Lipinski definition) is 1. The van der Waals surface area contributed by atoms with Gasteiger partial charge in [-0.05, 0) is 42.8 Å². The highest BCUT2D eigenvalue weighted by Crippen LogP contribution is 2.28. The van der Waals surface area contributed by atoms with E-state index in [0.717, 1.165) is 36.6 Å². The van der Waals surface area contributed by atoms with Crippen molar-refractivity contribution in [2.24, 2.45) is 0 Å². The molecular formula is C19H19Cl2NO. The molecule has 0 aliphatic heterocycles. The Morgan fingerprint density at radius 3 is 2.39 bits per heavy atom.